The van der Waals surface area contributed by atoms with Gasteiger partial charge in [0.15, 0.2) is 11.5 Å². The Morgan fingerprint density at radius 1 is 1.35 bits per heavy atom. The number of hydrogen-bond donors (Lipinski definition) is 1. The minimum Gasteiger partial charge on any atom is -0.493 e. The van der Waals surface area contributed by atoms with Gasteiger partial charge >= 0.3 is 0 Å². The van der Waals surface area contributed by atoms with Crippen molar-refractivity contribution in [3.05, 3.63) is 22.2 Å². The maximum atomic E-state index is 5.86. The number of halogens is 1. The van der Waals surface area contributed by atoms with Crippen LogP contribution < -0.4 is 14.8 Å². The number of rotatable bonds is 5. The van der Waals surface area contributed by atoms with Gasteiger partial charge < -0.3 is 19.5 Å². The van der Waals surface area contributed by atoms with Crippen molar-refractivity contribution in [3.8, 4) is 11.5 Å². The summed E-state index contributed by atoms with van der Waals surface area (Å²) in [5, 5.41) is 3.34. The standard InChI is InChI=1S/C15H20BrNO3/c1-18-13-6-11(15-8-17-4-5-19-15)12(16)7-14(13)20-9-10-2-3-10/h6-7,10,15,17H,2-5,8-9H2,1H3. The Bertz CT molecular complexity index is 470. The Labute approximate surface area is 127 Å². The predicted octanol–water partition coefficient (Wildman–Crippen LogP) is 2.91. The zero-order valence-electron chi connectivity index (χ0n) is 11.7. The maximum absolute atomic E-state index is 5.86. The first kappa shape index (κ1) is 14.2. The Morgan fingerprint density at radius 2 is 2.20 bits per heavy atom. The maximum Gasteiger partial charge on any atom is 0.162 e. The summed E-state index contributed by atoms with van der Waals surface area (Å²) in [5.41, 5.74) is 1.10. The van der Waals surface area contributed by atoms with Crippen molar-refractivity contribution in [1.29, 1.82) is 0 Å². The van der Waals surface area contributed by atoms with Crippen LogP contribution in [0.15, 0.2) is 16.6 Å². The molecule has 1 saturated heterocycles. The fourth-order valence-electron chi connectivity index (χ4n) is 2.33. The second kappa shape index (κ2) is 6.33. The summed E-state index contributed by atoms with van der Waals surface area (Å²) in [7, 11) is 1.68. The van der Waals surface area contributed by atoms with Crippen molar-refractivity contribution in [1.82, 2.24) is 5.32 Å². The van der Waals surface area contributed by atoms with Crippen LogP contribution in [0.25, 0.3) is 0 Å². The molecule has 5 heteroatoms. The molecule has 1 N–H and O–H groups in total. The van der Waals surface area contributed by atoms with Crippen LogP contribution in [-0.2, 0) is 4.74 Å². The lowest BCUT2D eigenvalue weighted by Crippen LogP contribution is -2.33. The van der Waals surface area contributed by atoms with Crippen molar-refractivity contribution in [2.75, 3.05) is 33.4 Å². The molecule has 1 atom stereocenters. The van der Waals surface area contributed by atoms with Gasteiger partial charge in [0, 0.05) is 23.1 Å². The zero-order chi connectivity index (χ0) is 13.9. The summed E-state index contributed by atoms with van der Waals surface area (Å²) >= 11 is 3.63. The molecule has 1 aliphatic carbocycles. The molecule has 20 heavy (non-hydrogen) atoms. The van der Waals surface area contributed by atoms with E-state index in [-0.39, 0.29) is 6.10 Å². The topological polar surface area (TPSA) is 39.7 Å². The molecule has 0 spiro atoms. The summed E-state index contributed by atoms with van der Waals surface area (Å²) in [6.45, 7) is 3.25. The van der Waals surface area contributed by atoms with E-state index in [4.69, 9.17) is 14.2 Å². The molecule has 0 aromatic heterocycles. The molecule has 1 heterocycles. The number of methoxy groups -OCH3 is 1. The third-order valence-electron chi connectivity index (χ3n) is 3.73. The molecule has 0 amide bonds. The van der Waals surface area contributed by atoms with Crippen molar-refractivity contribution in [3.63, 3.8) is 0 Å². The molecular formula is C15H20BrNO3. The Kier molecular flexibility index (Phi) is 4.48. The third kappa shape index (κ3) is 3.27. The summed E-state index contributed by atoms with van der Waals surface area (Å²) in [4.78, 5) is 0. The summed E-state index contributed by atoms with van der Waals surface area (Å²) in [5.74, 6) is 2.31. The molecule has 1 aromatic rings. The molecule has 110 valence electrons. The van der Waals surface area contributed by atoms with Gasteiger partial charge in [0.1, 0.15) is 0 Å². The van der Waals surface area contributed by atoms with Crippen LogP contribution in [0.4, 0.5) is 0 Å². The van der Waals surface area contributed by atoms with Crippen LogP contribution in [0.3, 0.4) is 0 Å². The molecule has 4 nitrogen and oxygen atoms in total. The summed E-state index contributed by atoms with van der Waals surface area (Å²) < 4.78 is 18.1. The molecule has 0 radical (unpaired) electrons. The molecule has 1 saturated carbocycles. The lowest BCUT2D eigenvalue weighted by atomic mass is 10.1. The molecule has 1 aliphatic heterocycles. The Morgan fingerprint density at radius 3 is 2.85 bits per heavy atom. The van der Waals surface area contributed by atoms with E-state index in [2.05, 4.69) is 21.2 Å². The predicted molar refractivity (Wildman–Crippen MR) is 80.5 cm³/mol. The van der Waals surface area contributed by atoms with E-state index in [1.165, 1.54) is 12.8 Å². The molecule has 2 fully saturated rings. The normalized spacial score (nSPS) is 22.6. The van der Waals surface area contributed by atoms with Gasteiger partial charge in [-0.3, -0.25) is 0 Å². The van der Waals surface area contributed by atoms with E-state index in [9.17, 15) is 0 Å². The van der Waals surface area contributed by atoms with Crippen LogP contribution in [0.1, 0.15) is 24.5 Å². The highest BCUT2D eigenvalue weighted by molar-refractivity contribution is 9.10. The number of ether oxygens (including phenoxy) is 3. The number of nitrogens with one attached hydrogen (secondary N) is 1. The SMILES string of the molecule is COc1cc(C2CNCCO2)c(Br)cc1OCC1CC1. The first-order chi connectivity index (χ1) is 9.78. The van der Waals surface area contributed by atoms with Gasteiger partial charge in [-0.15, -0.1) is 0 Å². The highest BCUT2D eigenvalue weighted by atomic mass is 79.9. The number of benzene rings is 1. The van der Waals surface area contributed by atoms with Crippen LogP contribution in [0.2, 0.25) is 0 Å². The summed E-state index contributed by atoms with van der Waals surface area (Å²) in [6.07, 6.45) is 2.62. The van der Waals surface area contributed by atoms with Gasteiger partial charge in [0.25, 0.3) is 0 Å². The van der Waals surface area contributed by atoms with Gasteiger partial charge in [0.2, 0.25) is 0 Å². The highest BCUT2D eigenvalue weighted by Crippen LogP contribution is 2.39. The Balaban J connectivity index is 1.79. The summed E-state index contributed by atoms with van der Waals surface area (Å²) in [6, 6.07) is 4.01. The third-order valence-corrected chi connectivity index (χ3v) is 4.42. The van der Waals surface area contributed by atoms with Crippen molar-refractivity contribution < 1.29 is 14.2 Å². The molecule has 1 aromatic carbocycles. The van der Waals surface area contributed by atoms with E-state index in [1.54, 1.807) is 7.11 Å². The molecule has 2 aliphatic rings. The molecular weight excluding hydrogens is 322 g/mol. The number of hydrogen-bond acceptors (Lipinski definition) is 4. The Hall–Kier alpha value is -0.780. The second-order valence-electron chi connectivity index (χ2n) is 5.34. The van der Waals surface area contributed by atoms with E-state index >= 15 is 0 Å². The van der Waals surface area contributed by atoms with Crippen molar-refractivity contribution in [2.45, 2.75) is 18.9 Å². The fourth-order valence-corrected chi connectivity index (χ4v) is 2.90. The van der Waals surface area contributed by atoms with E-state index in [1.807, 2.05) is 12.1 Å². The number of morpholine rings is 1. The monoisotopic (exact) mass is 341 g/mol. The van der Waals surface area contributed by atoms with Gasteiger partial charge in [-0.2, -0.15) is 0 Å². The van der Waals surface area contributed by atoms with Crippen LogP contribution >= 0.6 is 15.9 Å². The first-order valence-corrected chi connectivity index (χ1v) is 7.90. The lowest BCUT2D eigenvalue weighted by molar-refractivity contribution is 0.0271. The molecule has 3 rings (SSSR count). The average molecular weight is 342 g/mol. The van der Waals surface area contributed by atoms with Gasteiger partial charge in [0.05, 0.1) is 26.4 Å². The second-order valence-corrected chi connectivity index (χ2v) is 6.20. The van der Waals surface area contributed by atoms with Gasteiger partial charge in [-0.1, -0.05) is 15.9 Å². The lowest BCUT2D eigenvalue weighted by Gasteiger charge is -2.25. The van der Waals surface area contributed by atoms with E-state index < -0.39 is 0 Å². The van der Waals surface area contributed by atoms with Crippen molar-refractivity contribution in [2.24, 2.45) is 5.92 Å². The minimum atomic E-state index is 0.0597. The van der Waals surface area contributed by atoms with Crippen LogP contribution in [-0.4, -0.2) is 33.4 Å². The zero-order valence-corrected chi connectivity index (χ0v) is 13.2. The molecule has 1 unspecified atom stereocenters. The van der Waals surface area contributed by atoms with Crippen molar-refractivity contribution >= 4 is 15.9 Å². The van der Waals surface area contributed by atoms with E-state index in [0.29, 0.717) is 0 Å². The quantitative estimate of drug-likeness (QED) is 0.893. The van der Waals surface area contributed by atoms with Gasteiger partial charge in [-0.25, -0.2) is 0 Å². The fraction of sp³-hybridized carbons (Fsp3) is 0.600. The molecule has 0 bridgehead atoms. The average Bonchev–Trinajstić information content (AvgIpc) is 3.30. The minimum absolute atomic E-state index is 0.0597. The van der Waals surface area contributed by atoms with Crippen LogP contribution in [0, 0.1) is 5.92 Å². The van der Waals surface area contributed by atoms with E-state index in [0.717, 1.165) is 53.8 Å². The largest absolute Gasteiger partial charge is 0.493 e. The smallest absolute Gasteiger partial charge is 0.162 e. The van der Waals surface area contributed by atoms with Crippen LogP contribution in [0.5, 0.6) is 11.5 Å². The van der Waals surface area contributed by atoms with Gasteiger partial charge in [-0.05, 0) is 30.9 Å². The first-order valence-electron chi connectivity index (χ1n) is 7.10. The highest BCUT2D eigenvalue weighted by Gasteiger charge is 2.24.